The molecule has 4 heteroatoms. The van der Waals surface area contributed by atoms with Crippen LogP contribution >= 0.6 is 0 Å². The zero-order valence-corrected chi connectivity index (χ0v) is 5.86. The number of ether oxygens (including phenoxy) is 2. The van der Waals surface area contributed by atoms with Gasteiger partial charge in [-0.05, 0) is 6.92 Å². The molecule has 0 radical (unpaired) electrons. The number of rotatable bonds is 4. The Morgan fingerprint density at radius 3 is 2.70 bits per heavy atom. The Labute approximate surface area is 59.4 Å². The van der Waals surface area contributed by atoms with Crippen molar-refractivity contribution in [3.63, 3.8) is 0 Å². The van der Waals surface area contributed by atoms with E-state index in [2.05, 4.69) is 0 Å². The van der Waals surface area contributed by atoms with E-state index in [1.54, 1.807) is 0 Å². The second-order valence-corrected chi connectivity index (χ2v) is 2.38. The van der Waals surface area contributed by atoms with Gasteiger partial charge in [-0.25, -0.2) is 0 Å². The first-order chi connectivity index (χ1) is 4.74. The summed E-state index contributed by atoms with van der Waals surface area (Å²) in [5.74, 6) is 0. The van der Waals surface area contributed by atoms with Crippen molar-refractivity contribution < 1.29 is 19.7 Å². The normalized spacial score (nSPS) is 33.9. The fourth-order valence-electron chi connectivity index (χ4n) is 0.600. The van der Waals surface area contributed by atoms with Crippen LogP contribution in [0.5, 0.6) is 0 Å². The van der Waals surface area contributed by atoms with Gasteiger partial charge >= 0.3 is 0 Å². The molecule has 0 aromatic carbocycles. The van der Waals surface area contributed by atoms with Crippen molar-refractivity contribution in [1.82, 2.24) is 0 Å². The highest BCUT2D eigenvalue weighted by atomic mass is 16.8. The second kappa shape index (κ2) is 3.30. The van der Waals surface area contributed by atoms with Crippen LogP contribution < -0.4 is 0 Å². The summed E-state index contributed by atoms with van der Waals surface area (Å²) in [4.78, 5) is 0. The van der Waals surface area contributed by atoms with Gasteiger partial charge in [-0.15, -0.1) is 0 Å². The maximum absolute atomic E-state index is 8.79. The predicted octanol–water partition coefficient (Wildman–Crippen LogP) is -0.899. The van der Waals surface area contributed by atoms with Gasteiger partial charge in [0.2, 0.25) is 0 Å². The second-order valence-electron chi connectivity index (χ2n) is 2.38. The van der Waals surface area contributed by atoms with Crippen LogP contribution in [0, 0.1) is 0 Å². The van der Waals surface area contributed by atoms with Gasteiger partial charge in [-0.3, -0.25) is 0 Å². The Morgan fingerprint density at radius 1 is 1.70 bits per heavy atom. The summed E-state index contributed by atoms with van der Waals surface area (Å²) in [6, 6.07) is 0. The zero-order chi connectivity index (χ0) is 7.56. The first kappa shape index (κ1) is 7.94. The summed E-state index contributed by atoms with van der Waals surface area (Å²) in [6.45, 7) is 1.77. The van der Waals surface area contributed by atoms with Gasteiger partial charge < -0.3 is 19.7 Å². The van der Waals surface area contributed by atoms with Crippen molar-refractivity contribution in [1.29, 1.82) is 0 Å². The fraction of sp³-hybridized carbons (Fsp3) is 1.00. The number of aliphatic hydroxyl groups is 2. The van der Waals surface area contributed by atoms with Crippen molar-refractivity contribution in [2.45, 2.75) is 25.4 Å². The van der Waals surface area contributed by atoms with E-state index < -0.39 is 6.10 Å². The van der Waals surface area contributed by atoms with Gasteiger partial charge in [0.1, 0.15) is 12.2 Å². The van der Waals surface area contributed by atoms with E-state index in [1.807, 2.05) is 6.92 Å². The van der Waals surface area contributed by atoms with E-state index in [9.17, 15) is 0 Å². The molecule has 0 aromatic heterocycles. The molecule has 0 saturated carbocycles. The van der Waals surface area contributed by atoms with Crippen LogP contribution in [0.1, 0.15) is 6.92 Å². The third-order valence-corrected chi connectivity index (χ3v) is 1.32. The van der Waals surface area contributed by atoms with Gasteiger partial charge in [-0.2, -0.15) is 0 Å². The maximum Gasteiger partial charge on any atom is 0.184 e. The van der Waals surface area contributed by atoms with Gasteiger partial charge in [0.15, 0.2) is 6.29 Å². The summed E-state index contributed by atoms with van der Waals surface area (Å²) in [7, 11) is 0. The lowest BCUT2D eigenvalue weighted by molar-refractivity contribution is -0.0275. The summed E-state index contributed by atoms with van der Waals surface area (Å²) < 4.78 is 9.88. The highest BCUT2D eigenvalue weighted by Gasteiger charge is 2.35. The van der Waals surface area contributed by atoms with Crippen molar-refractivity contribution in [3.8, 4) is 0 Å². The quantitative estimate of drug-likeness (QED) is 0.507. The summed E-state index contributed by atoms with van der Waals surface area (Å²) in [6.07, 6.45) is -0.802. The van der Waals surface area contributed by atoms with Gasteiger partial charge in [-0.1, -0.05) is 0 Å². The number of hydrogen-bond acceptors (Lipinski definition) is 4. The average Bonchev–Trinajstić information content (AvgIpc) is 2.61. The van der Waals surface area contributed by atoms with E-state index in [0.29, 0.717) is 0 Å². The first-order valence-corrected chi connectivity index (χ1v) is 3.30. The molecule has 1 heterocycles. The lowest BCUT2D eigenvalue weighted by Gasteiger charge is -2.04. The highest BCUT2D eigenvalue weighted by molar-refractivity contribution is 4.70. The minimum absolute atomic E-state index is 0.144. The molecule has 10 heavy (non-hydrogen) atoms. The maximum atomic E-state index is 8.79. The zero-order valence-electron chi connectivity index (χ0n) is 5.86. The first-order valence-electron chi connectivity index (χ1n) is 3.30. The minimum atomic E-state index is -0.781. The van der Waals surface area contributed by atoms with Crippen LogP contribution in [-0.4, -0.2) is 41.9 Å². The monoisotopic (exact) mass is 148 g/mol. The van der Waals surface area contributed by atoms with Crippen LogP contribution in [0.3, 0.4) is 0 Å². The molecule has 1 fully saturated rings. The van der Waals surface area contributed by atoms with E-state index in [-0.39, 0.29) is 25.6 Å². The van der Waals surface area contributed by atoms with E-state index >= 15 is 0 Å². The molecule has 2 N–H and O–H groups in total. The molecule has 0 bridgehead atoms. The van der Waals surface area contributed by atoms with Gasteiger partial charge in [0.05, 0.1) is 13.2 Å². The third-order valence-electron chi connectivity index (χ3n) is 1.32. The molecule has 3 unspecified atom stereocenters. The molecule has 4 nitrogen and oxygen atoms in total. The topological polar surface area (TPSA) is 62.2 Å². The lowest BCUT2D eigenvalue weighted by atomic mass is 10.4. The smallest absolute Gasteiger partial charge is 0.184 e. The molecular formula is C6H12O4. The Bertz CT molecular complexity index is 102. The Morgan fingerprint density at radius 2 is 2.30 bits per heavy atom. The summed E-state index contributed by atoms with van der Waals surface area (Å²) >= 11 is 0. The molecular weight excluding hydrogens is 136 g/mol. The highest BCUT2D eigenvalue weighted by Crippen LogP contribution is 2.21. The largest absolute Gasteiger partial charge is 0.394 e. The average molecular weight is 148 g/mol. The van der Waals surface area contributed by atoms with Gasteiger partial charge in [0.25, 0.3) is 0 Å². The Balaban J connectivity index is 1.95. The van der Waals surface area contributed by atoms with Crippen molar-refractivity contribution >= 4 is 0 Å². The molecule has 1 saturated heterocycles. The van der Waals surface area contributed by atoms with Gasteiger partial charge in [0, 0.05) is 0 Å². The van der Waals surface area contributed by atoms with Crippen LogP contribution in [0.15, 0.2) is 0 Å². The van der Waals surface area contributed by atoms with Crippen molar-refractivity contribution in [3.05, 3.63) is 0 Å². The van der Waals surface area contributed by atoms with E-state index in [0.717, 1.165) is 0 Å². The molecule has 0 aromatic rings. The van der Waals surface area contributed by atoms with Crippen molar-refractivity contribution in [2.75, 3.05) is 13.2 Å². The molecule has 0 amide bonds. The summed E-state index contributed by atoms with van der Waals surface area (Å²) in [5.41, 5.74) is 0. The molecule has 1 aliphatic rings. The number of hydrogen-bond donors (Lipinski definition) is 2. The molecule has 3 atom stereocenters. The molecule has 60 valence electrons. The SMILES string of the molecule is CC1OC1OCC(O)CO. The van der Waals surface area contributed by atoms with E-state index in [4.69, 9.17) is 19.7 Å². The number of aliphatic hydroxyl groups excluding tert-OH is 2. The van der Waals surface area contributed by atoms with Crippen LogP contribution in [0.4, 0.5) is 0 Å². The molecule has 0 aliphatic carbocycles. The molecule has 0 spiro atoms. The van der Waals surface area contributed by atoms with E-state index in [1.165, 1.54) is 0 Å². The molecule has 1 rings (SSSR count). The standard InChI is InChI=1S/C6H12O4/c1-4-6(10-4)9-3-5(8)2-7/h4-8H,2-3H2,1H3. The Hall–Kier alpha value is -0.160. The molecule has 1 aliphatic heterocycles. The fourth-order valence-corrected chi connectivity index (χ4v) is 0.600. The predicted molar refractivity (Wildman–Crippen MR) is 33.4 cm³/mol. The van der Waals surface area contributed by atoms with Crippen LogP contribution in [0.2, 0.25) is 0 Å². The minimum Gasteiger partial charge on any atom is -0.394 e. The summed E-state index contributed by atoms with van der Waals surface area (Å²) in [5, 5.41) is 17.2. The number of epoxide rings is 1. The van der Waals surface area contributed by atoms with Crippen molar-refractivity contribution in [2.24, 2.45) is 0 Å². The lowest BCUT2D eigenvalue weighted by Crippen LogP contribution is -2.20. The van der Waals surface area contributed by atoms with Crippen LogP contribution in [0.25, 0.3) is 0 Å². The third kappa shape index (κ3) is 2.22. The van der Waals surface area contributed by atoms with Crippen LogP contribution in [-0.2, 0) is 9.47 Å². The Kier molecular flexibility index (Phi) is 2.62.